The molecule has 0 fully saturated rings. The van der Waals surface area contributed by atoms with Crippen molar-refractivity contribution in [2.75, 3.05) is 18.5 Å². The molecule has 100 valence electrons. The average molecular weight is 250 g/mol. The maximum absolute atomic E-state index is 11.7. The number of anilines is 1. The van der Waals surface area contributed by atoms with E-state index in [2.05, 4.69) is 17.6 Å². The van der Waals surface area contributed by atoms with Crippen molar-refractivity contribution in [3.63, 3.8) is 0 Å². The second-order valence-corrected chi connectivity index (χ2v) is 4.35. The van der Waals surface area contributed by atoms with Crippen LogP contribution in [0.2, 0.25) is 0 Å². The van der Waals surface area contributed by atoms with Gasteiger partial charge >= 0.3 is 0 Å². The highest BCUT2D eigenvalue weighted by molar-refractivity contribution is 5.92. The lowest BCUT2D eigenvalue weighted by Gasteiger charge is -2.12. The molecule has 0 radical (unpaired) electrons. The highest BCUT2D eigenvalue weighted by atomic mass is 16.5. The van der Waals surface area contributed by atoms with Gasteiger partial charge < -0.3 is 15.4 Å². The zero-order chi connectivity index (χ0) is 13.4. The van der Waals surface area contributed by atoms with Crippen molar-refractivity contribution in [3.8, 4) is 0 Å². The molecule has 0 spiro atoms. The van der Waals surface area contributed by atoms with Crippen LogP contribution < -0.4 is 10.6 Å². The highest BCUT2D eigenvalue weighted by Gasteiger charge is 2.07. The lowest BCUT2D eigenvalue weighted by molar-refractivity contribution is -0.121. The summed E-state index contributed by atoms with van der Waals surface area (Å²) in [5.74, 6) is -0.118. The number of carbonyl (C=O) groups excluding carboxylic acids is 1. The lowest BCUT2D eigenvalue weighted by Crippen LogP contribution is -2.22. The normalized spacial score (nSPS) is 10.7. The Hall–Kier alpha value is -1.39. The van der Waals surface area contributed by atoms with Crippen LogP contribution in [-0.2, 0) is 16.1 Å². The van der Waals surface area contributed by atoms with Gasteiger partial charge in [-0.3, -0.25) is 4.79 Å². The zero-order valence-electron chi connectivity index (χ0n) is 11.3. The minimum Gasteiger partial charge on any atom is -0.369 e. The minimum absolute atomic E-state index is 0.0627. The first kappa shape index (κ1) is 14.7. The summed E-state index contributed by atoms with van der Waals surface area (Å²) >= 11 is 0. The van der Waals surface area contributed by atoms with Gasteiger partial charge in [0.15, 0.2) is 0 Å². The molecule has 0 bridgehead atoms. The quantitative estimate of drug-likeness (QED) is 0.779. The Kier molecular flexibility index (Phi) is 6.39. The van der Waals surface area contributed by atoms with Crippen LogP contribution in [0.25, 0.3) is 0 Å². The molecule has 0 saturated heterocycles. The van der Waals surface area contributed by atoms with Crippen molar-refractivity contribution in [3.05, 3.63) is 29.8 Å². The summed E-state index contributed by atoms with van der Waals surface area (Å²) in [7, 11) is 0. The third kappa shape index (κ3) is 5.29. The molecule has 1 aromatic rings. The molecular weight excluding hydrogens is 228 g/mol. The van der Waals surface area contributed by atoms with Crippen molar-refractivity contribution >= 4 is 11.6 Å². The predicted molar refractivity (Wildman–Crippen MR) is 73.5 cm³/mol. The molecule has 0 heterocycles. The fourth-order valence-electron chi connectivity index (χ4n) is 1.48. The summed E-state index contributed by atoms with van der Waals surface area (Å²) in [6.07, 6.45) is 0.0627. The van der Waals surface area contributed by atoms with Crippen LogP contribution in [-0.4, -0.2) is 25.2 Å². The second-order valence-electron chi connectivity index (χ2n) is 4.35. The van der Waals surface area contributed by atoms with E-state index in [0.29, 0.717) is 0 Å². The maximum Gasteiger partial charge on any atom is 0.250 e. The molecule has 0 saturated carbocycles. The molecule has 1 amide bonds. The van der Waals surface area contributed by atoms with Gasteiger partial charge in [-0.25, -0.2) is 0 Å². The Labute approximate surface area is 109 Å². The Bertz CT molecular complexity index is 378. The van der Waals surface area contributed by atoms with E-state index >= 15 is 0 Å². The molecular formula is C14H22N2O2. The van der Waals surface area contributed by atoms with Gasteiger partial charge in [-0.2, -0.15) is 0 Å². The number of para-hydroxylation sites is 1. The van der Waals surface area contributed by atoms with Crippen LogP contribution in [0.1, 0.15) is 26.3 Å². The zero-order valence-corrected chi connectivity index (χ0v) is 11.3. The van der Waals surface area contributed by atoms with E-state index in [9.17, 15) is 4.79 Å². The third-order valence-electron chi connectivity index (χ3n) is 2.40. The maximum atomic E-state index is 11.7. The molecule has 4 nitrogen and oxygen atoms in total. The molecule has 18 heavy (non-hydrogen) atoms. The third-order valence-corrected chi connectivity index (χ3v) is 2.40. The first-order valence-electron chi connectivity index (χ1n) is 6.33. The summed E-state index contributed by atoms with van der Waals surface area (Å²) in [5.41, 5.74) is 1.92. The fourth-order valence-corrected chi connectivity index (χ4v) is 1.48. The average Bonchev–Trinajstić information content (AvgIpc) is 2.35. The van der Waals surface area contributed by atoms with Gasteiger partial charge in [0.1, 0.15) is 6.61 Å². The molecule has 4 heteroatoms. The van der Waals surface area contributed by atoms with Crippen molar-refractivity contribution in [1.29, 1.82) is 0 Å². The van der Waals surface area contributed by atoms with Crippen molar-refractivity contribution in [1.82, 2.24) is 5.32 Å². The topological polar surface area (TPSA) is 50.4 Å². The van der Waals surface area contributed by atoms with Crippen LogP contribution in [0.3, 0.4) is 0 Å². The van der Waals surface area contributed by atoms with Gasteiger partial charge in [0, 0.05) is 12.2 Å². The van der Waals surface area contributed by atoms with Crippen LogP contribution in [0.4, 0.5) is 5.69 Å². The van der Waals surface area contributed by atoms with E-state index in [1.54, 1.807) is 0 Å². The van der Waals surface area contributed by atoms with E-state index < -0.39 is 0 Å². The van der Waals surface area contributed by atoms with Gasteiger partial charge in [-0.15, -0.1) is 0 Å². The molecule has 0 unspecified atom stereocenters. The molecule has 0 atom stereocenters. The Morgan fingerprint density at radius 2 is 2.06 bits per heavy atom. The minimum atomic E-state index is -0.118. The number of benzene rings is 1. The smallest absolute Gasteiger partial charge is 0.250 e. The van der Waals surface area contributed by atoms with Gasteiger partial charge in [0.2, 0.25) is 5.91 Å². The molecule has 1 rings (SSSR count). The SMILES string of the molecule is CCNCc1ccccc1NC(=O)COC(C)C. The Morgan fingerprint density at radius 3 is 2.72 bits per heavy atom. The predicted octanol–water partition coefficient (Wildman–Crippen LogP) is 2.16. The number of ether oxygens (including phenoxy) is 1. The van der Waals surface area contributed by atoms with Crippen LogP contribution in [0.5, 0.6) is 0 Å². The van der Waals surface area contributed by atoms with Crippen molar-refractivity contribution in [2.45, 2.75) is 33.4 Å². The summed E-state index contributed by atoms with van der Waals surface area (Å²) in [6.45, 7) is 7.61. The van der Waals surface area contributed by atoms with Gasteiger partial charge in [0.05, 0.1) is 6.10 Å². The van der Waals surface area contributed by atoms with E-state index in [-0.39, 0.29) is 18.6 Å². The van der Waals surface area contributed by atoms with E-state index in [1.165, 1.54) is 0 Å². The molecule has 0 aromatic heterocycles. The van der Waals surface area contributed by atoms with Gasteiger partial charge in [-0.05, 0) is 32.0 Å². The number of nitrogens with one attached hydrogen (secondary N) is 2. The molecule has 2 N–H and O–H groups in total. The summed E-state index contributed by atoms with van der Waals surface area (Å²) in [4.78, 5) is 11.7. The molecule has 0 aliphatic carbocycles. The van der Waals surface area contributed by atoms with E-state index in [4.69, 9.17) is 4.74 Å². The van der Waals surface area contributed by atoms with Crippen LogP contribution >= 0.6 is 0 Å². The van der Waals surface area contributed by atoms with Gasteiger partial charge in [0.25, 0.3) is 0 Å². The fraction of sp³-hybridized carbons (Fsp3) is 0.500. The molecule has 0 aliphatic heterocycles. The summed E-state index contributed by atoms with van der Waals surface area (Å²) < 4.78 is 5.27. The Balaban J connectivity index is 2.57. The van der Waals surface area contributed by atoms with E-state index in [1.807, 2.05) is 38.1 Å². The summed E-state index contributed by atoms with van der Waals surface area (Å²) in [5, 5.41) is 6.12. The first-order valence-corrected chi connectivity index (χ1v) is 6.33. The van der Waals surface area contributed by atoms with Crippen LogP contribution in [0.15, 0.2) is 24.3 Å². The van der Waals surface area contributed by atoms with Crippen LogP contribution in [0, 0.1) is 0 Å². The van der Waals surface area contributed by atoms with Crippen molar-refractivity contribution < 1.29 is 9.53 Å². The van der Waals surface area contributed by atoms with E-state index in [0.717, 1.165) is 24.3 Å². The monoisotopic (exact) mass is 250 g/mol. The lowest BCUT2D eigenvalue weighted by atomic mass is 10.1. The van der Waals surface area contributed by atoms with Gasteiger partial charge in [-0.1, -0.05) is 25.1 Å². The molecule has 1 aromatic carbocycles. The number of hydrogen-bond donors (Lipinski definition) is 2. The highest BCUT2D eigenvalue weighted by Crippen LogP contribution is 2.14. The largest absolute Gasteiger partial charge is 0.369 e. The van der Waals surface area contributed by atoms with Crippen molar-refractivity contribution in [2.24, 2.45) is 0 Å². The molecule has 0 aliphatic rings. The number of hydrogen-bond acceptors (Lipinski definition) is 3. The standard InChI is InChI=1S/C14H22N2O2/c1-4-15-9-12-7-5-6-8-13(12)16-14(17)10-18-11(2)3/h5-8,11,15H,4,9-10H2,1-3H3,(H,16,17). The number of rotatable bonds is 7. The number of amides is 1. The second kappa shape index (κ2) is 7.84. The first-order chi connectivity index (χ1) is 8.63. The Morgan fingerprint density at radius 1 is 1.33 bits per heavy atom. The number of carbonyl (C=O) groups is 1. The summed E-state index contributed by atoms with van der Waals surface area (Å²) in [6, 6.07) is 7.78.